The smallest absolute Gasteiger partial charge is 0.103 e. The number of aryl methyl sites for hydroxylation is 1. The first-order valence-electron chi connectivity index (χ1n) is 3.94. The Balaban J connectivity index is 0.000000845. The highest BCUT2D eigenvalue weighted by Gasteiger charge is 1.98. The summed E-state index contributed by atoms with van der Waals surface area (Å²) < 4.78 is 0. The quantitative estimate of drug-likeness (QED) is 0.814. The van der Waals surface area contributed by atoms with E-state index < -0.39 is 0 Å². The van der Waals surface area contributed by atoms with E-state index >= 15 is 0 Å². The summed E-state index contributed by atoms with van der Waals surface area (Å²) in [4.78, 5) is 7.38. The van der Waals surface area contributed by atoms with Gasteiger partial charge in [0, 0.05) is 11.8 Å². The minimum absolute atomic E-state index is 0. The average Bonchev–Trinajstić information content (AvgIpc) is 2.54. The lowest BCUT2D eigenvalue weighted by Crippen LogP contribution is -1.76. The molecule has 13 heavy (non-hydrogen) atoms. The summed E-state index contributed by atoms with van der Waals surface area (Å²) in [5, 5.41) is 0. The molecule has 0 bridgehead atoms. The molecule has 2 nitrogen and oxygen atoms in total. The lowest BCUT2D eigenvalue weighted by molar-refractivity contribution is 1.15. The van der Waals surface area contributed by atoms with Gasteiger partial charge in [0.05, 0.1) is 5.69 Å². The second-order valence-electron chi connectivity index (χ2n) is 2.74. The van der Waals surface area contributed by atoms with E-state index in [2.05, 4.69) is 22.1 Å². The number of nitrogens with zero attached hydrogens (tertiary/aromatic N) is 1. The summed E-state index contributed by atoms with van der Waals surface area (Å²) in [6.07, 6.45) is 1.92. The van der Waals surface area contributed by atoms with E-state index in [1.165, 1.54) is 0 Å². The van der Waals surface area contributed by atoms with Gasteiger partial charge >= 0.3 is 0 Å². The number of aromatic nitrogens is 2. The normalized spacial score (nSPS) is 9.31. The Hall–Kier alpha value is -1.09. The first-order valence-corrected chi connectivity index (χ1v) is 3.94. The predicted octanol–water partition coefficient (Wildman–Crippen LogP) is 2.96. The molecule has 1 N–H and O–H groups in total. The molecular weight excluding hydrogens is 228 g/mol. The zero-order valence-electron chi connectivity index (χ0n) is 7.32. The summed E-state index contributed by atoms with van der Waals surface area (Å²) in [6, 6.07) is 10.1. The molecule has 0 spiro atoms. The molecule has 0 saturated carbocycles. The molecule has 0 amide bonds. The fourth-order valence-corrected chi connectivity index (χ4v) is 1.17. The van der Waals surface area contributed by atoms with Crippen molar-refractivity contribution in [1.82, 2.24) is 9.97 Å². The molecule has 0 aliphatic heterocycles. The van der Waals surface area contributed by atoms with Gasteiger partial charge < -0.3 is 4.98 Å². The number of rotatable bonds is 1. The molecule has 0 saturated heterocycles. The fourth-order valence-electron chi connectivity index (χ4n) is 1.17. The van der Waals surface area contributed by atoms with Crippen LogP contribution in [-0.2, 0) is 0 Å². The topological polar surface area (TPSA) is 28.7 Å². The van der Waals surface area contributed by atoms with Gasteiger partial charge in [-0.25, -0.2) is 4.98 Å². The van der Waals surface area contributed by atoms with Crippen molar-refractivity contribution in [2.24, 2.45) is 0 Å². The van der Waals surface area contributed by atoms with E-state index in [4.69, 9.17) is 0 Å². The molecular formula is C10H11BrN2. The number of imidazole rings is 1. The third-order valence-electron chi connectivity index (χ3n) is 1.78. The van der Waals surface area contributed by atoms with Crippen LogP contribution >= 0.6 is 17.0 Å². The van der Waals surface area contributed by atoms with Crippen LogP contribution in [0.2, 0.25) is 0 Å². The van der Waals surface area contributed by atoms with Crippen molar-refractivity contribution >= 4 is 17.0 Å². The third-order valence-corrected chi connectivity index (χ3v) is 1.78. The standard InChI is InChI=1S/C10H10N2.BrH/c1-8-11-7-10(12-8)9-5-3-2-4-6-9;/h2-7H,1H3,(H,11,12);1H. The Kier molecular flexibility index (Phi) is 3.25. The van der Waals surface area contributed by atoms with Gasteiger partial charge in [0.1, 0.15) is 5.82 Å². The minimum Gasteiger partial charge on any atom is -0.348 e. The molecule has 3 heteroatoms. The molecule has 1 aromatic heterocycles. The number of hydrogen-bond donors (Lipinski definition) is 1. The number of nitrogens with one attached hydrogen (secondary N) is 1. The number of H-pyrrole nitrogens is 1. The van der Waals surface area contributed by atoms with Crippen molar-refractivity contribution in [3.63, 3.8) is 0 Å². The van der Waals surface area contributed by atoms with E-state index in [9.17, 15) is 0 Å². The first kappa shape index (κ1) is 9.99. The number of aromatic amines is 1. The Morgan fingerprint density at radius 3 is 2.38 bits per heavy atom. The molecule has 0 radical (unpaired) electrons. The van der Waals surface area contributed by atoms with Gasteiger partial charge in [-0.1, -0.05) is 30.3 Å². The molecule has 0 aliphatic carbocycles. The number of benzene rings is 1. The van der Waals surface area contributed by atoms with E-state index in [1.807, 2.05) is 31.3 Å². The van der Waals surface area contributed by atoms with Crippen molar-refractivity contribution in [2.45, 2.75) is 6.92 Å². The Morgan fingerprint density at radius 1 is 1.15 bits per heavy atom. The highest BCUT2D eigenvalue weighted by atomic mass is 79.9. The van der Waals surface area contributed by atoms with Crippen LogP contribution in [0.4, 0.5) is 0 Å². The molecule has 0 atom stereocenters. The molecule has 0 aliphatic rings. The van der Waals surface area contributed by atoms with E-state index in [0.717, 1.165) is 17.1 Å². The van der Waals surface area contributed by atoms with E-state index in [1.54, 1.807) is 0 Å². The van der Waals surface area contributed by atoms with Crippen LogP contribution in [0.25, 0.3) is 11.3 Å². The number of hydrogen-bond acceptors (Lipinski definition) is 1. The van der Waals surface area contributed by atoms with E-state index in [-0.39, 0.29) is 17.0 Å². The largest absolute Gasteiger partial charge is 0.348 e. The van der Waals surface area contributed by atoms with Gasteiger partial charge in [-0.05, 0) is 6.92 Å². The number of halogens is 1. The maximum Gasteiger partial charge on any atom is 0.103 e. The van der Waals surface area contributed by atoms with Crippen molar-refractivity contribution in [2.75, 3.05) is 0 Å². The molecule has 1 heterocycles. The maximum atomic E-state index is 4.33. The van der Waals surface area contributed by atoms with Crippen LogP contribution in [-0.4, -0.2) is 9.97 Å². The van der Waals surface area contributed by atoms with Crippen LogP contribution in [0.5, 0.6) is 0 Å². The predicted molar refractivity (Wildman–Crippen MR) is 59.1 cm³/mol. The molecule has 2 aromatic rings. The Morgan fingerprint density at radius 2 is 1.85 bits per heavy atom. The first-order chi connectivity index (χ1) is 5.86. The summed E-state index contributed by atoms with van der Waals surface area (Å²) in [5.41, 5.74) is 2.16. The summed E-state index contributed by atoms with van der Waals surface area (Å²) in [7, 11) is 0. The van der Waals surface area contributed by atoms with Gasteiger partial charge in [0.2, 0.25) is 0 Å². The minimum atomic E-state index is 0. The van der Waals surface area contributed by atoms with Crippen molar-refractivity contribution in [3.05, 3.63) is 42.4 Å². The zero-order valence-corrected chi connectivity index (χ0v) is 9.03. The van der Waals surface area contributed by atoms with Crippen LogP contribution in [0.15, 0.2) is 36.5 Å². The van der Waals surface area contributed by atoms with Crippen molar-refractivity contribution in [1.29, 1.82) is 0 Å². The van der Waals surface area contributed by atoms with Crippen molar-refractivity contribution in [3.8, 4) is 11.3 Å². The lowest BCUT2D eigenvalue weighted by atomic mass is 10.2. The van der Waals surface area contributed by atoms with Gasteiger partial charge in [0.15, 0.2) is 0 Å². The van der Waals surface area contributed by atoms with Gasteiger partial charge in [-0.3, -0.25) is 0 Å². The average molecular weight is 239 g/mol. The fraction of sp³-hybridized carbons (Fsp3) is 0.100. The third kappa shape index (κ3) is 2.18. The SMILES string of the molecule is Br.Cc1nc(-c2ccccc2)c[nH]1. The Labute approximate surface area is 87.8 Å². The zero-order chi connectivity index (χ0) is 8.39. The van der Waals surface area contributed by atoms with Crippen LogP contribution in [0.1, 0.15) is 5.82 Å². The van der Waals surface area contributed by atoms with Gasteiger partial charge in [0.25, 0.3) is 0 Å². The van der Waals surface area contributed by atoms with Crippen LogP contribution in [0, 0.1) is 6.92 Å². The highest BCUT2D eigenvalue weighted by molar-refractivity contribution is 8.93. The highest BCUT2D eigenvalue weighted by Crippen LogP contribution is 2.15. The maximum absolute atomic E-state index is 4.33. The monoisotopic (exact) mass is 238 g/mol. The molecule has 1 aromatic carbocycles. The molecule has 68 valence electrons. The van der Waals surface area contributed by atoms with Crippen molar-refractivity contribution < 1.29 is 0 Å². The molecule has 0 fully saturated rings. The van der Waals surface area contributed by atoms with Crippen LogP contribution < -0.4 is 0 Å². The summed E-state index contributed by atoms with van der Waals surface area (Å²) >= 11 is 0. The van der Waals surface area contributed by atoms with E-state index in [0.29, 0.717) is 0 Å². The second kappa shape index (κ2) is 4.23. The second-order valence-corrected chi connectivity index (χ2v) is 2.74. The molecule has 2 rings (SSSR count). The summed E-state index contributed by atoms with van der Waals surface area (Å²) in [6.45, 7) is 1.95. The van der Waals surface area contributed by atoms with Gasteiger partial charge in [-0.15, -0.1) is 17.0 Å². The van der Waals surface area contributed by atoms with Gasteiger partial charge in [-0.2, -0.15) is 0 Å². The summed E-state index contributed by atoms with van der Waals surface area (Å²) in [5.74, 6) is 0.953. The Bertz CT molecular complexity index is 367. The van der Waals surface area contributed by atoms with Crippen LogP contribution in [0.3, 0.4) is 0 Å². The lowest BCUT2D eigenvalue weighted by Gasteiger charge is -1.92. The molecule has 0 unspecified atom stereocenters.